The number of allylic oxidation sites excluding steroid dienone is 7. The van der Waals surface area contributed by atoms with Crippen LogP contribution in [0.25, 0.3) is 0 Å². The van der Waals surface area contributed by atoms with Gasteiger partial charge in [0, 0.05) is 10.8 Å². The second-order valence-electron chi connectivity index (χ2n) is 3.71. The summed E-state index contributed by atoms with van der Waals surface area (Å²) in [6.45, 7) is 0. The van der Waals surface area contributed by atoms with Crippen LogP contribution < -0.4 is 0 Å². The average Bonchev–Trinajstić information content (AvgIpc) is 2.63. The number of hydrogen-bond acceptors (Lipinski definition) is 1. The molecule has 0 bridgehead atoms. The monoisotopic (exact) mass is 204 g/mol. The maximum Gasteiger partial charge on any atom is 0.0163 e. The second-order valence-corrected chi connectivity index (χ2v) is 4.59. The molecular formula is C13H16S. The Kier molecular flexibility index (Phi) is 3.30. The highest BCUT2D eigenvalue weighted by Gasteiger charge is 2.12. The van der Waals surface area contributed by atoms with Gasteiger partial charge in [0.05, 0.1) is 0 Å². The smallest absolute Gasteiger partial charge is 0.0163 e. The summed E-state index contributed by atoms with van der Waals surface area (Å²) in [6, 6.07) is 0. The molecule has 0 spiro atoms. The van der Waals surface area contributed by atoms with Crippen molar-refractivity contribution in [3.05, 3.63) is 46.9 Å². The molecule has 2 aliphatic rings. The number of hydrogen-bond donors (Lipinski definition) is 0. The molecule has 0 radical (unpaired) electrons. The fraction of sp³-hybridized carbons (Fsp3) is 0.385. The van der Waals surface area contributed by atoms with E-state index in [1.165, 1.54) is 24.2 Å². The normalized spacial score (nSPS) is 25.9. The van der Waals surface area contributed by atoms with Crippen molar-refractivity contribution in [1.29, 1.82) is 0 Å². The standard InChI is InChI=1S/C13H16S/c1-14-13-8-4-7-12(9-10-13)11-5-2-3-6-11/h4-5,7-10,12H,2-3,6H2,1H3. The molecule has 0 heterocycles. The predicted molar refractivity (Wildman–Crippen MR) is 65.3 cm³/mol. The van der Waals surface area contributed by atoms with E-state index in [1.54, 1.807) is 5.57 Å². The molecule has 1 unspecified atom stereocenters. The summed E-state index contributed by atoms with van der Waals surface area (Å²) < 4.78 is 0. The van der Waals surface area contributed by atoms with E-state index in [1.807, 2.05) is 11.8 Å². The highest BCUT2D eigenvalue weighted by atomic mass is 32.2. The molecule has 1 atom stereocenters. The molecule has 0 fully saturated rings. The Labute approximate surface area is 90.5 Å². The SMILES string of the molecule is CSC1=CC=CC(C2=CCCC2)C=C1. The molecule has 0 aliphatic heterocycles. The first-order valence-electron chi connectivity index (χ1n) is 5.20. The fourth-order valence-corrected chi connectivity index (χ4v) is 2.40. The summed E-state index contributed by atoms with van der Waals surface area (Å²) in [6.07, 6.45) is 19.7. The molecule has 0 aromatic heterocycles. The van der Waals surface area contributed by atoms with Crippen LogP contribution in [0.2, 0.25) is 0 Å². The summed E-state index contributed by atoms with van der Waals surface area (Å²) in [4.78, 5) is 1.35. The van der Waals surface area contributed by atoms with Gasteiger partial charge in [0.25, 0.3) is 0 Å². The van der Waals surface area contributed by atoms with Gasteiger partial charge in [-0.25, -0.2) is 0 Å². The molecule has 1 heteroatoms. The highest BCUT2D eigenvalue weighted by molar-refractivity contribution is 8.02. The van der Waals surface area contributed by atoms with Gasteiger partial charge in [-0.2, -0.15) is 0 Å². The first-order chi connectivity index (χ1) is 6.90. The van der Waals surface area contributed by atoms with Gasteiger partial charge in [0.15, 0.2) is 0 Å². The van der Waals surface area contributed by atoms with Crippen molar-refractivity contribution < 1.29 is 0 Å². The van der Waals surface area contributed by atoms with Gasteiger partial charge in [-0.3, -0.25) is 0 Å². The van der Waals surface area contributed by atoms with Gasteiger partial charge in [-0.05, 0) is 31.6 Å². The Bertz CT molecular complexity index is 318. The molecule has 0 saturated carbocycles. The van der Waals surface area contributed by atoms with Crippen LogP contribution in [-0.2, 0) is 0 Å². The number of rotatable bonds is 2. The summed E-state index contributed by atoms with van der Waals surface area (Å²) in [5.41, 5.74) is 1.60. The molecule has 74 valence electrons. The van der Waals surface area contributed by atoms with E-state index in [4.69, 9.17) is 0 Å². The first-order valence-corrected chi connectivity index (χ1v) is 6.42. The zero-order valence-corrected chi connectivity index (χ0v) is 9.39. The molecule has 0 aromatic rings. The molecule has 0 saturated heterocycles. The van der Waals surface area contributed by atoms with E-state index in [2.05, 4.69) is 42.7 Å². The lowest BCUT2D eigenvalue weighted by molar-refractivity contribution is 0.841. The minimum atomic E-state index is 0.554. The third kappa shape index (κ3) is 2.21. The van der Waals surface area contributed by atoms with E-state index in [-0.39, 0.29) is 0 Å². The molecule has 0 aromatic carbocycles. The van der Waals surface area contributed by atoms with E-state index < -0.39 is 0 Å². The predicted octanol–water partition coefficient (Wildman–Crippen LogP) is 4.09. The first kappa shape index (κ1) is 9.85. The van der Waals surface area contributed by atoms with Crippen LogP contribution in [0, 0.1) is 5.92 Å². The van der Waals surface area contributed by atoms with Crippen molar-refractivity contribution in [2.75, 3.05) is 6.26 Å². The minimum absolute atomic E-state index is 0.554. The molecule has 2 aliphatic carbocycles. The van der Waals surface area contributed by atoms with Crippen molar-refractivity contribution in [3.63, 3.8) is 0 Å². The van der Waals surface area contributed by atoms with Gasteiger partial charge in [0.1, 0.15) is 0 Å². The van der Waals surface area contributed by atoms with E-state index in [9.17, 15) is 0 Å². The Morgan fingerprint density at radius 1 is 1.36 bits per heavy atom. The summed E-state index contributed by atoms with van der Waals surface area (Å²) >= 11 is 1.81. The van der Waals surface area contributed by atoms with Crippen LogP contribution >= 0.6 is 11.8 Å². The maximum atomic E-state index is 2.41. The molecule has 2 rings (SSSR count). The van der Waals surface area contributed by atoms with Crippen LogP contribution in [0.3, 0.4) is 0 Å². The van der Waals surface area contributed by atoms with Crippen molar-refractivity contribution in [2.45, 2.75) is 19.3 Å². The molecular weight excluding hydrogens is 188 g/mol. The van der Waals surface area contributed by atoms with Crippen LogP contribution in [0.5, 0.6) is 0 Å². The zero-order chi connectivity index (χ0) is 9.80. The molecule has 14 heavy (non-hydrogen) atoms. The lowest BCUT2D eigenvalue weighted by Crippen LogP contribution is -1.93. The van der Waals surface area contributed by atoms with Crippen LogP contribution in [0.15, 0.2) is 46.9 Å². The highest BCUT2D eigenvalue weighted by Crippen LogP contribution is 2.29. The maximum absolute atomic E-state index is 2.41. The van der Waals surface area contributed by atoms with Gasteiger partial charge in [-0.1, -0.05) is 36.0 Å². The van der Waals surface area contributed by atoms with Crippen molar-refractivity contribution in [1.82, 2.24) is 0 Å². The molecule has 0 N–H and O–H groups in total. The van der Waals surface area contributed by atoms with Crippen LogP contribution in [-0.4, -0.2) is 6.26 Å². The number of thioether (sulfide) groups is 1. The van der Waals surface area contributed by atoms with Gasteiger partial charge in [-0.15, -0.1) is 11.8 Å². The lowest BCUT2D eigenvalue weighted by atomic mass is 9.98. The molecule has 0 nitrogen and oxygen atoms in total. The van der Waals surface area contributed by atoms with E-state index in [0.717, 1.165) is 0 Å². The second kappa shape index (κ2) is 4.70. The molecule has 0 amide bonds. The zero-order valence-electron chi connectivity index (χ0n) is 8.57. The quantitative estimate of drug-likeness (QED) is 0.611. The Morgan fingerprint density at radius 2 is 2.29 bits per heavy atom. The Hall–Kier alpha value is -0.690. The van der Waals surface area contributed by atoms with E-state index in [0.29, 0.717) is 5.92 Å². The summed E-state index contributed by atoms with van der Waals surface area (Å²) in [5.74, 6) is 0.554. The van der Waals surface area contributed by atoms with Gasteiger partial charge in [0.2, 0.25) is 0 Å². The third-order valence-corrected chi connectivity index (χ3v) is 3.53. The van der Waals surface area contributed by atoms with Gasteiger partial charge >= 0.3 is 0 Å². The average molecular weight is 204 g/mol. The van der Waals surface area contributed by atoms with Crippen LogP contribution in [0.4, 0.5) is 0 Å². The Morgan fingerprint density at radius 3 is 3.00 bits per heavy atom. The largest absolute Gasteiger partial charge is 0.130 e. The summed E-state index contributed by atoms with van der Waals surface area (Å²) in [5, 5.41) is 0. The van der Waals surface area contributed by atoms with Crippen molar-refractivity contribution in [2.24, 2.45) is 5.92 Å². The topological polar surface area (TPSA) is 0 Å². The van der Waals surface area contributed by atoms with Gasteiger partial charge < -0.3 is 0 Å². The van der Waals surface area contributed by atoms with Crippen LogP contribution in [0.1, 0.15) is 19.3 Å². The van der Waals surface area contributed by atoms with Crippen molar-refractivity contribution >= 4 is 11.8 Å². The minimum Gasteiger partial charge on any atom is -0.130 e. The fourth-order valence-electron chi connectivity index (χ4n) is 1.97. The summed E-state index contributed by atoms with van der Waals surface area (Å²) in [7, 11) is 0. The van der Waals surface area contributed by atoms with Crippen molar-refractivity contribution in [3.8, 4) is 0 Å². The Balaban J connectivity index is 2.11. The van der Waals surface area contributed by atoms with E-state index >= 15 is 0 Å². The third-order valence-electron chi connectivity index (χ3n) is 2.79. The lowest BCUT2D eigenvalue weighted by Gasteiger charge is -2.07.